The van der Waals surface area contributed by atoms with Crippen molar-refractivity contribution in [2.45, 2.75) is 38.8 Å². The van der Waals surface area contributed by atoms with Gasteiger partial charge in [-0.2, -0.15) is 0 Å². The molecule has 0 bridgehead atoms. The molecule has 1 aliphatic rings. The second kappa shape index (κ2) is 8.23. The van der Waals surface area contributed by atoms with Crippen molar-refractivity contribution in [3.8, 4) is 11.3 Å². The lowest BCUT2D eigenvalue weighted by Crippen LogP contribution is -2.45. The molecule has 1 atom stereocenters. The monoisotopic (exact) mass is 309 g/mol. The largest absolute Gasteiger partial charge is 0.311 e. The van der Waals surface area contributed by atoms with Gasteiger partial charge in [-0.3, -0.25) is 9.88 Å². The van der Waals surface area contributed by atoms with Crippen molar-refractivity contribution in [1.82, 2.24) is 15.2 Å². The van der Waals surface area contributed by atoms with Crippen molar-refractivity contribution in [1.29, 1.82) is 0 Å². The summed E-state index contributed by atoms with van der Waals surface area (Å²) in [5, 5.41) is 3.64. The first-order chi connectivity index (χ1) is 11.4. The van der Waals surface area contributed by atoms with Gasteiger partial charge in [-0.1, -0.05) is 43.7 Å². The van der Waals surface area contributed by atoms with Crippen molar-refractivity contribution >= 4 is 0 Å². The van der Waals surface area contributed by atoms with Crippen molar-refractivity contribution in [3.05, 3.63) is 54.2 Å². The van der Waals surface area contributed by atoms with Gasteiger partial charge in [0.15, 0.2) is 0 Å². The van der Waals surface area contributed by atoms with E-state index in [0.29, 0.717) is 6.04 Å². The molecule has 0 aliphatic carbocycles. The van der Waals surface area contributed by atoms with Gasteiger partial charge in [0.1, 0.15) is 0 Å². The number of benzene rings is 1. The third-order valence-corrected chi connectivity index (χ3v) is 4.78. The second-order valence-corrected chi connectivity index (χ2v) is 6.32. The molecular formula is C20H27N3. The summed E-state index contributed by atoms with van der Waals surface area (Å²) in [6.07, 6.45) is 5.91. The van der Waals surface area contributed by atoms with Gasteiger partial charge in [-0.15, -0.1) is 0 Å². The van der Waals surface area contributed by atoms with Gasteiger partial charge >= 0.3 is 0 Å². The minimum absolute atomic E-state index is 0.710. The molecule has 3 heteroatoms. The lowest BCUT2D eigenvalue weighted by molar-refractivity contribution is 0.153. The lowest BCUT2D eigenvalue weighted by atomic mass is 10.0. The third-order valence-electron chi connectivity index (χ3n) is 4.78. The number of nitrogens with one attached hydrogen (secondary N) is 1. The molecule has 1 aromatic carbocycles. The molecule has 1 N–H and O–H groups in total. The fourth-order valence-electron chi connectivity index (χ4n) is 3.42. The molecule has 1 unspecified atom stereocenters. The van der Waals surface area contributed by atoms with Crippen LogP contribution < -0.4 is 5.32 Å². The Morgan fingerprint density at radius 1 is 1.13 bits per heavy atom. The van der Waals surface area contributed by atoms with Crippen molar-refractivity contribution in [2.24, 2.45) is 0 Å². The number of aromatic nitrogens is 1. The molecule has 2 heterocycles. The number of likely N-dealkylation sites (tertiary alicyclic amines) is 1. The van der Waals surface area contributed by atoms with Gasteiger partial charge < -0.3 is 5.32 Å². The van der Waals surface area contributed by atoms with Crippen LogP contribution in [-0.4, -0.2) is 35.6 Å². The number of piperidine rings is 1. The normalized spacial score (nSPS) is 18.9. The quantitative estimate of drug-likeness (QED) is 0.881. The van der Waals surface area contributed by atoms with Gasteiger partial charge in [0.05, 0.1) is 5.69 Å². The Labute approximate surface area is 139 Å². The van der Waals surface area contributed by atoms with E-state index >= 15 is 0 Å². The number of pyridine rings is 1. The van der Waals surface area contributed by atoms with Crippen molar-refractivity contribution < 1.29 is 0 Å². The summed E-state index contributed by atoms with van der Waals surface area (Å²) in [7, 11) is 0. The SMILES string of the molecule is CCN1CCCCC1CNCc1ccc(-c2ccccn2)cc1. The maximum Gasteiger partial charge on any atom is 0.0701 e. The highest BCUT2D eigenvalue weighted by molar-refractivity contribution is 5.58. The molecule has 1 aromatic heterocycles. The van der Waals surface area contributed by atoms with E-state index in [0.717, 1.165) is 18.8 Å². The average Bonchev–Trinajstić information content (AvgIpc) is 2.63. The first-order valence-corrected chi connectivity index (χ1v) is 8.82. The Hall–Kier alpha value is -1.71. The van der Waals surface area contributed by atoms with Crippen LogP contribution in [0.25, 0.3) is 11.3 Å². The summed E-state index contributed by atoms with van der Waals surface area (Å²) in [5.74, 6) is 0. The maximum atomic E-state index is 4.40. The first kappa shape index (κ1) is 16.2. The molecule has 1 saturated heterocycles. The van der Waals surface area contributed by atoms with E-state index in [-0.39, 0.29) is 0 Å². The van der Waals surface area contributed by atoms with Gasteiger partial charge in [0.25, 0.3) is 0 Å². The second-order valence-electron chi connectivity index (χ2n) is 6.32. The Balaban J connectivity index is 1.51. The van der Waals surface area contributed by atoms with Crippen LogP contribution in [0.2, 0.25) is 0 Å². The molecule has 3 rings (SSSR count). The smallest absolute Gasteiger partial charge is 0.0701 e. The average molecular weight is 309 g/mol. The number of rotatable bonds is 6. The van der Waals surface area contributed by atoms with E-state index in [1.54, 1.807) is 0 Å². The fraction of sp³-hybridized carbons (Fsp3) is 0.450. The van der Waals surface area contributed by atoms with Crippen molar-refractivity contribution in [2.75, 3.05) is 19.6 Å². The van der Waals surface area contributed by atoms with Gasteiger partial charge in [-0.25, -0.2) is 0 Å². The van der Waals surface area contributed by atoms with Crippen LogP contribution >= 0.6 is 0 Å². The van der Waals surface area contributed by atoms with E-state index < -0.39 is 0 Å². The standard InChI is InChI=1S/C20H27N3/c1-2-23-14-6-4-7-19(23)16-21-15-17-9-11-18(12-10-17)20-8-3-5-13-22-20/h3,5,8-13,19,21H,2,4,6-7,14-16H2,1H3. The molecule has 122 valence electrons. The molecule has 3 nitrogen and oxygen atoms in total. The molecule has 0 spiro atoms. The summed E-state index contributed by atoms with van der Waals surface area (Å²) < 4.78 is 0. The van der Waals surface area contributed by atoms with Crippen LogP contribution in [0.3, 0.4) is 0 Å². The molecule has 1 fully saturated rings. The lowest BCUT2D eigenvalue weighted by Gasteiger charge is -2.35. The van der Waals surface area contributed by atoms with Gasteiger partial charge in [0.2, 0.25) is 0 Å². The number of hydrogen-bond donors (Lipinski definition) is 1. The van der Waals surface area contributed by atoms with Crippen LogP contribution in [0.4, 0.5) is 0 Å². The van der Waals surface area contributed by atoms with Crippen LogP contribution in [-0.2, 0) is 6.54 Å². The van der Waals surface area contributed by atoms with Gasteiger partial charge in [-0.05, 0) is 43.6 Å². The van der Waals surface area contributed by atoms with Gasteiger partial charge in [0, 0.05) is 30.9 Å². The molecule has 0 saturated carbocycles. The molecule has 0 amide bonds. The number of nitrogens with zero attached hydrogens (tertiary/aromatic N) is 2. The number of hydrogen-bond acceptors (Lipinski definition) is 3. The maximum absolute atomic E-state index is 4.40. The van der Waals surface area contributed by atoms with Crippen LogP contribution in [0.5, 0.6) is 0 Å². The third kappa shape index (κ3) is 4.40. The highest BCUT2D eigenvalue weighted by Crippen LogP contribution is 2.18. The highest BCUT2D eigenvalue weighted by Gasteiger charge is 2.19. The van der Waals surface area contributed by atoms with Crippen LogP contribution in [0.1, 0.15) is 31.7 Å². The zero-order valence-corrected chi connectivity index (χ0v) is 14.0. The zero-order valence-electron chi connectivity index (χ0n) is 14.0. The first-order valence-electron chi connectivity index (χ1n) is 8.82. The topological polar surface area (TPSA) is 28.2 Å². The number of likely N-dealkylation sites (N-methyl/N-ethyl adjacent to an activating group) is 1. The predicted molar refractivity (Wildman–Crippen MR) is 96.3 cm³/mol. The van der Waals surface area contributed by atoms with Crippen LogP contribution in [0, 0.1) is 0 Å². The summed E-state index contributed by atoms with van der Waals surface area (Å²) in [4.78, 5) is 7.01. The zero-order chi connectivity index (χ0) is 15.9. The minimum Gasteiger partial charge on any atom is -0.311 e. The van der Waals surface area contributed by atoms with E-state index in [9.17, 15) is 0 Å². The Kier molecular flexibility index (Phi) is 5.78. The van der Waals surface area contributed by atoms with E-state index in [1.807, 2.05) is 18.3 Å². The van der Waals surface area contributed by atoms with E-state index in [1.165, 1.54) is 43.5 Å². The summed E-state index contributed by atoms with van der Waals surface area (Å²) in [6.45, 7) is 6.74. The Morgan fingerprint density at radius 2 is 2.00 bits per heavy atom. The predicted octanol–water partition coefficient (Wildman–Crippen LogP) is 3.71. The molecule has 0 radical (unpaired) electrons. The Morgan fingerprint density at radius 3 is 2.74 bits per heavy atom. The fourth-order valence-corrected chi connectivity index (χ4v) is 3.42. The van der Waals surface area contributed by atoms with E-state index in [4.69, 9.17) is 0 Å². The molecule has 1 aliphatic heterocycles. The minimum atomic E-state index is 0.710. The highest BCUT2D eigenvalue weighted by atomic mass is 15.2. The summed E-state index contributed by atoms with van der Waals surface area (Å²) in [5.41, 5.74) is 3.55. The molecule has 23 heavy (non-hydrogen) atoms. The van der Waals surface area contributed by atoms with Crippen LogP contribution in [0.15, 0.2) is 48.7 Å². The Bertz CT molecular complexity index is 580. The molecule has 2 aromatic rings. The summed E-state index contributed by atoms with van der Waals surface area (Å²) in [6, 6.07) is 15.5. The van der Waals surface area contributed by atoms with E-state index in [2.05, 4.69) is 52.5 Å². The summed E-state index contributed by atoms with van der Waals surface area (Å²) >= 11 is 0. The van der Waals surface area contributed by atoms with Crippen molar-refractivity contribution in [3.63, 3.8) is 0 Å². The molecular weight excluding hydrogens is 282 g/mol.